The van der Waals surface area contributed by atoms with Crippen molar-refractivity contribution in [2.24, 2.45) is 7.05 Å². The summed E-state index contributed by atoms with van der Waals surface area (Å²) >= 11 is 0. The number of anilines is 1. The van der Waals surface area contributed by atoms with Crippen LogP contribution in [0.1, 0.15) is 43.0 Å². The van der Waals surface area contributed by atoms with E-state index in [9.17, 15) is 4.79 Å². The minimum Gasteiger partial charge on any atom is -0.320 e. The first kappa shape index (κ1) is 14.3. The number of carbonyl (C=O) groups is 1. The topological polar surface area (TPSA) is 68.0 Å². The molecule has 1 saturated carbocycles. The second-order valence-electron chi connectivity index (χ2n) is 6.49. The van der Waals surface area contributed by atoms with Crippen LogP contribution in [0.5, 0.6) is 0 Å². The number of nitrogens with one attached hydrogen (secondary N) is 1. The second kappa shape index (κ2) is 5.72. The van der Waals surface area contributed by atoms with Crippen molar-refractivity contribution in [3.8, 4) is 0 Å². The number of hydrogen-bond acceptors (Lipinski definition) is 3. The minimum absolute atomic E-state index is 0.0603. The molecule has 0 spiro atoms. The van der Waals surface area contributed by atoms with Crippen LogP contribution in [0, 0.1) is 0 Å². The highest BCUT2D eigenvalue weighted by atomic mass is 16.2. The molecule has 0 bridgehead atoms. The number of aryl methyl sites for hydroxylation is 1. The average Bonchev–Trinajstić information content (AvgIpc) is 2.98. The highest BCUT2D eigenvalue weighted by Gasteiger charge is 2.23. The molecule has 0 radical (unpaired) electrons. The summed E-state index contributed by atoms with van der Waals surface area (Å²) in [6.45, 7) is 1.38. The van der Waals surface area contributed by atoms with Crippen molar-refractivity contribution < 1.29 is 4.79 Å². The van der Waals surface area contributed by atoms with Crippen LogP contribution in [0.3, 0.4) is 0 Å². The molecule has 3 heterocycles. The summed E-state index contributed by atoms with van der Waals surface area (Å²) in [5.74, 6) is 0. The van der Waals surface area contributed by atoms with Gasteiger partial charge in [-0.1, -0.05) is 0 Å². The first-order valence-corrected chi connectivity index (χ1v) is 8.30. The summed E-state index contributed by atoms with van der Waals surface area (Å²) in [4.78, 5) is 14.4. The molecule has 2 aliphatic rings. The molecule has 2 amide bonds. The molecule has 1 aliphatic heterocycles. The van der Waals surface area contributed by atoms with Crippen LogP contribution in [0.15, 0.2) is 18.6 Å². The zero-order valence-electron chi connectivity index (χ0n) is 13.4. The number of nitrogens with zero attached hydrogens (tertiary/aromatic N) is 5. The van der Waals surface area contributed by atoms with Crippen molar-refractivity contribution >= 4 is 11.7 Å². The third-order valence-corrected chi connectivity index (χ3v) is 4.94. The largest absolute Gasteiger partial charge is 0.322 e. The van der Waals surface area contributed by atoms with E-state index in [-0.39, 0.29) is 6.03 Å². The lowest BCUT2D eigenvalue weighted by Gasteiger charge is -2.25. The Kier molecular flexibility index (Phi) is 3.55. The first-order valence-electron chi connectivity index (χ1n) is 8.30. The monoisotopic (exact) mass is 314 g/mol. The van der Waals surface area contributed by atoms with Gasteiger partial charge in [-0.15, -0.1) is 0 Å². The lowest BCUT2D eigenvalue weighted by molar-refractivity contribution is 0.210. The Morgan fingerprint density at radius 3 is 2.91 bits per heavy atom. The smallest absolute Gasteiger partial charge is 0.320 e. The van der Waals surface area contributed by atoms with Crippen molar-refractivity contribution in [1.82, 2.24) is 24.5 Å². The van der Waals surface area contributed by atoms with Gasteiger partial charge in [0.2, 0.25) is 0 Å². The molecule has 0 aromatic carbocycles. The fourth-order valence-electron chi connectivity index (χ4n) is 3.31. The molecule has 7 heteroatoms. The van der Waals surface area contributed by atoms with Gasteiger partial charge < -0.3 is 10.2 Å². The van der Waals surface area contributed by atoms with Crippen LogP contribution in [0.2, 0.25) is 0 Å². The Balaban J connectivity index is 1.43. The molecule has 2 aromatic heterocycles. The number of urea groups is 1. The van der Waals surface area contributed by atoms with E-state index in [0.29, 0.717) is 12.6 Å². The minimum atomic E-state index is -0.0603. The maximum atomic E-state index is 12.6. The quantitative estimate of drug-likeness (QED) is 0.925. The van der Waals surface area contributed by atoms with Crippen molar-refractivity contribution in [3.05, 3.63) is 29.8 Å². The molecule has 4 rings (SSSR count). The highest BCUT2D eigenvalue weighted by Crippen LogP contribution is 2.31. The Morgan fingerprint density at radius 1 is 1.26 bits per heavy atom. The SMILES string of the molecule is Cn1ncc2c1CCCN(C(=O)Nc1cnn(C3CCC3)c1)C2. The molecular weight excluding hydrogens is 292 g/mol. The lowest BCUT2D eigenvalue weighted by atomic mass is 9.93. The number of hydrogen-bond donors (Lipinski definition) is 1. The van der Waals surface area contributed by atoms with E-state index in [0.717, 1.165) is 30.6 Å². The van der Waals surface area contributed by atoms with Gasteiger partial charge in [-0.2, -0.15) is 10.2 Å². The second-order valence-corrected chi connectivity index (χ2v) is 6.49. The zero-order valence-corrected chi connectivity index (χ0v) is 13.4. The summed E-state index contributed by atoms with van der Waals surface area (Å²) < 4.78 is 3.89. The Morgan fingerprint density at radius 2 is 2.13 bits per heavy atom. The normalized spacial score (nSPS) is 18.2. The van der Waals surface area contributed by atoms with E-state index in [1.165, 1.54) is 25.0 Å². The summed E-state index contributed by atoms with van der Waals surface area (Å²) in [6.07, 6.45) is 11.1. The molecule has 1 aliphatic carbocycles. The summed E-state index contributed by atoms with van der Waals surface area (Å²) in [7, 11) is 1.96. The molecule has 0 saturated heterocycles. The van der Waals surface area contributed by atoms with Gasteiger partial charge in [0.05, 0.1) is 30.7 Å². The van der Waals surface area contributed by atoms with Crippen LogP contribution >= 0.6 is 0 Å². The molecule has 23 heavy (non-hydrogen) atoms. The van der Waals surface area contributed by atoms with E-state index in [4.69, 9.17) is 0 Å². The van der Waals surface area contributed by atoms with Gasteiger partial charge in [0.15, 0.2) is 0 Å². The van der Waals surface area contributed by atoms with Crippen LogP contribution in [0.25, 0.3) is 0 Å². The molecule has 2 aromatic rings. The predicted octanol–water partition coefficient (Wildman–Crippen LogP) is 2.32. The van der Waals surface area contributed by atoms with E-state index < -0.39 is 0 Å². The van der Waals surface area contributed by atoms with Crippen LogP contribution < -0.4 is 5.32 Å². The Hall–Kier alpha value is -2.31. The predicted molar refractivity (Wildman–Crippen MR) is 86.1 cm³/mol. The van der Waals surface area contributed by atoms with Gasteiger partial charge in [-0.25, -0.2) is 4.79 Å². The van der Waals surface area contributed by atoms with Crippen molar-refractivity contribution in [3.63, 3.8) is 0 Å². The van der Waals surface area contributed by atoms with Crippen molar-refractivity contribution in [2.75, 3.05) is 11.9 Å². The van der Waals surface area contributed by atoms with E-state index >= 15 is 0 Å². The number of rotatable bonds is 2. The number of amides is 2. The summed E-state index contributed by atoms with van der Waals surface area (Å²) in [5, 5.41) is 11.6. The van der Waals surface area contributed by atoms with Crippen LogP contribution in [-0.4, -0.2) is 37.0 Å². The fourth-order valence-corrected chi connectivity index (χ4v) is 3.31. The zero-order chi connectivity index (χ0) is 15.8. The molecule has 0 atom stereocenters. The molecule has 122 valence electrons. The number of fused-ring (bicyclic) bond motifs is 1. The first-order chi connectivity index (χ1) is 11.2. The van der Waals surface area contributed by atoms with Gasteiger partial charge in [-0.05, 0) is 32.1 Å². The van der Waals surface area contributed by atoms with Gasteiger partial charge in [0.25, 0.3) is 0 Å². The highest BCUT2D eigenvalue weighted by molar-refractivity contribution is 5.89. The molecular formula is C16H22N6O. The number of aromatic nitrogens is 4. The Bertz CT molecular complexity index is 714. The third kappa shape index (κ3) is 2.71. The third-order valence-electron chi connectivity index (χ3n) is 4.94. The fraction of sp³-hybridized carbons (Fsp3) is 0.562. The maximum absolute atomic E-state index is 12.6. The van der Waals surface area contributed by atoms with Gasteiger partial charge >= 0.3 is 6.03 Å². The van der Waals surface area contributed by atoms with Gasteiger partial charge in [-0.3, -0.25) is 9.36 Å². The Labute approximate surface area is 135 Å². The summed E-state index contributed by atoms with van der Waals surface area (Å²) in [6, 6.07) is 0.451. The van der Waals surface area contributed by atoms with Crippen molar-refractivity contribution in [1.29, 1.82) is 0 Å². The van der Waals surface area contributed by atoms with Crippen LogP contribution in [-0.2, 0) is 20.0 Å². The molecule has 0 unspecified atom stereocenters. The maximum Gasteiger partial charge on any atom is 0.322 e. The van der Waals surface area contributed by atoms with Gasteiger partial charge in [0.1, 0.15) is 0 Å². The van der Waals surface area contributed by atoms with E-state index in [2.05, 4.69) is 15.5 Å². The molecule has 7 nitrogen and oxygen atoms in total. The van der Waals surface area contributed by atoms with Gasteiger partial charge in [0, 0.05) is 31.0 Å². The van der Waals surface area contributed by atoms with Crippen molar-refractivity contribution in [2.45, 2.75) is 44.7 Å². The summed E-state index contributed by atoms with van der Waals surface area (Å²) in [5.41, 5.74) is 3.15. The van der Waals surface area contributed by atoms with E-state index in [1.54, 1.807) is 6.20 Å². The lowest BCUT2D eigenvalue weighted by Crippen LogP contribution is -2.34. The molecule has 1 N–H and O–H groups in total. The van der Waals surface area contributed by atoms with Crippen LogP contribution in [0.4, 0.5) is 10.5 Å². The number of carbonyl (C=O) groups excluding carboxylic acids is 1. The average molecular weight is 314 g/mol. The van der Waals surface area contributed by atoms with E-state index in [1.807, 2.05) is 33.7 Å². The standard InChI is InChI=1S/C16H22N6O/c1-20-15-6-3-7-21(10-12(15)8-17-20)16(23)19-13-9-18-22(11-13)14-4-2-5-14/h8-9,11,14H,2-7,10H2,1H3,(H,19,23). The molecule has 1 fully saturated rings.